The second-order valence-electron chi connectivity index (χ2n) is 4.74. The predicted molar refractivity (Wildman–Crippen MR) is 71.9 cm³/mol. The summed E-state index contributed by atoms with van der Waals surface area (Å²) in [5, 5.41) is 8.88. The minimum atomic E-state index is -0.891. The number of ether oxygens (including phenoxy) is 2. The van der Waals surface area contributed by atoms with Gasteiger partial charge in [-0.05, 0) is 25.2 Å². The molecule has 0 aliphatic carbocycles. The monoisotopic (exact) mass is 274 g/mol. The van der Waals surface area contributed by atoms with Gasteiger partial charge in [0.15, 0.2) is 0 Å². The average Bonchev–Trinajstić information content (AvgIpc) is 2.35. The van der Waals surface area contributed by atoms with Gasteiger partial charge in [-0.25, -0.2) is 0 Å². The van der Waals surface area contributed by atoms with Crippen molar-refractivity contribution in [3.8, 4) is 0 Å². The Hall–Kier alpha value is -1.10. The zero-order valence-corrected chi connectivity index (χ0v) is 12.2. The minimum absolute atomic E-state index is 0.00667. The van der Waals surface area contributed by atoms with Gasteiger partial charge in [-0.15, -0.1) is 0 Å². The van der Waals surface area contributed by atoms with Gasteiger partial charge in [-0.2, -0.15) is 0 Å². The lowest BCUT2D eigenvalue weighted by atomic mass is 9.93. The van der Waals surface area contributed by atoms with E-state index in [1.54, 1.807) is 7.11 Å². The molecule has 0 aliphatic rings. The maximum Gasteiger partial charge on any atom is 0.306 e. The van der Waals surface area contributed by atoms with Crippen LogP contribution in [-0.4, -0.2) is 36.9 Å². The van der Waals surface area contributed by atoms with Gasteiger partial charge in [0.2, 0.25) is 0 Å². The van der Waals surface area contributed by atoms with Crippen LogP contribution in [0.2, 0.25) is 0 Å². The third-order valence-corrected chi connectivity index (χ3v) is 3.06. The molecular formula is C14H26O5. The molecule has 0 saturated carbocycles. The number of carbonyl (C=O) groups excluding carboxylic acids is 1. The standard InChI is InChI=1S/C14H26O5/c1-4-6-7-19-14(17)10-11(9-13(15)16)8-12(5-2)18-3/h11-12H,4-10H2,1-3H3,(H,15,16). The Morgan fingerprint density at radius 1 is 1.21 bits per heavy atom. The highest BCUT2D eigenvalue weighted by atomic mass is 16.5. The number of unbranched alkanes of at least 4 members (excludes halogenated alkanes) is 1. The zero-order valence-electron chi connectivity index (χ0n) is 12.2. The van der Waals surface area contributed by atoms with E-state index in [9.17, 15) is 9.59 Å². The van der Waals surface area contributed by atoms with Crippen LogP contribution in [-0.2, 0) is 19.1 Å². The van der Waals surface area contributed by atoms with Gasteiger partial charge in [0.05, 0.1) is 12.7 Å². The molecule has 0 amide bonds. The summed E-state index contributed by atoms with van der Waals surface area (Å²) >= 11 is 0. The molecule has 0 aromatic carbocycles. The van der Waals surface area contributed by atoms with Crippen molar-refractivity contribution >= 4 is 11.9 Å². The molecule has 0 spiro atoms. The molecule has 2 atom stereocenters. The van der Waals surface area contributed by atoms with E-state index in [1.807, 2.05) is 13.8 Å². The zero-order chi connectivity index (χ0) is 14.7. The van der Waals surface area contributed by atoms with Crippen molar-refractivity contribution in [2.75, 3.05) is 13.7 Å². The minimum Gasteiger partial charge on any atom is -0.481 e. The number of methoxy groups -OCH3 is 1. The lowest BCUT2D eigenvalue weighted by Gasteiger charge is -2.20. The Kier molecular flexibility index (Phi) is 10.2. The number of esters is 1. The summed E-state index contributed by atoms with van der Waals surface area (Å²) in [5.41, 5.74) is 0. The van der Waals surface area contributed by atoms with Crippen LogP contribution >= 0.6 is 0 Å². The third kappa shape index (κ3) is 9.47. The van der Waals surface area contributed by atoms with Crippen molar-refractivity contribution in [3.05, 3.63) is 0 Å². The van der Waals surface area contributed by atoms with Crippen LogP contribution < -0.4 is 0 Å². The highest BCUT2D eigenvalue weighted by molar-refractivity contribution is 5.72. The molecule has 0 heterocycles. The number of aliphatic carboxylic acids is 1. The number of carbonyl (C=O) groups is 2. The molecule has 0 radical (unpaired) electrons. The third-order valence-electron chi connectivity index (χ3n) is 3.06. The lowest BCUT2D eigenvalue weighted by molar-refractivity contribution is -0.146. The van der Waals surface area contributed by atoms with Crippen molar-refractivity contribution in [2.45, 2.75) is 58.5 Å². The van der Waals surface area contributed by atoms with Crippen molar-refractivity contribution in [1.82, 2.24) is 0 Å². The van der Waals surface area contributed by atoms with E-state index in [-0.39, 0.29) is 30.8 Å². The van der Waals surface area contributed by atoms with Crippen LogP contribution in [0.25, 0.3) is 0 Å². The molecule has 0 rings (SSSR count). The molecule has 5 heteroatoms. The number of carboxylic acid groups (broad SMARTS) is 1. The summed E-state index contributed by atoms with van der Waals surface area (Å²) in [5.74, 6) is -1.43. The molecule has 0 aromatic rings. The Morgan fingerprint density at radius 2 is 1.89 bits per heavy atom. The van der Waals surface area contributed by atoms with Gasteiger partial charge in [-0.1, -0.05) is 20.3 Å². The highest BCUT2D eigenvalue weighted by Crippen LogP contribution is 2.20. The fourth-order valence-electron chi connectivity index (χ4n) is 1.91. The summed E-state index contributed by atoms with van der Waals surface area (Å²) in [4.78, 5) is 22.4. The number of rotatable bonds is 11. The molecule has 2 unspecified atom stereocenters. The van der Waals surface area contributed by atoms with E-state index in [4.69, 9.17) is 14.6 Å². The fraction of sp³-hybridized carbons (Fsp3) is 0.857. The maximum absolute atomic E-state index is 11.6. The van der Waals surface area contributed by atoms with Crippen molar-refractivity contribution < 1.29 is 24.2 Å². The molecule has 19 heavy (non-hydrogen) atoms. The fourth-order valence-corrected chi connectivity index (χ4v) is 1.91. The Morgan fingerprint density at radius 3 is 2.37 bits per heavy atom. The van der Waals surface area contributed by atoms with E-state index < -0.39 is 5.97 Å². The number of hydrogen-bond acceptors (Lipinski definition) is 4. The Balaban J connectivity index is 4.25. The number of carboxylic acids is 1. The molecule has 1 N–H and O–H groups in total. The van der Waals surface area contributed by atoms with Gasteiger partial charge in [0, 0.05) is 20.0 Å². The van der Waals surface area contributed by atoms with Gasteiger partial charge in [0.1, 0.15) is 0 Å². The lowest BCUT2D eigenvalue weighted by Crippen LogP contribution is -2.21. The average molecular weight is 274 g/mol. The predicted octanol–water partition coefficient (Wildman–Crippen LogP) is 2.63. The Labute approximate surface area is 115 Å². The van der Waals surface area contributed by atoms with E-state index in [0.29, 0.717) is 13.0 Å². The molecule has 5 nitrogen and oxygen atoms in total. The van der Waals surface area contributed by atoms with Gasteiger partial charge >= 0.3 is 11.9 Å². The largest absolute Gasteiger partial charge is 0.481 e. The van der Waals surface area contributed by atoms with Gasteiger partial charge < -0.3 is 14.6 Å². The molecular weight excluding hydrogens is 248 g/mol. The first-order chi connectivity index (χ1) is 9.03. The van der Waals surface area contributed by atoms with E-state index in [2.05, 4.69) is 0 Å². The van der Waals surface area contributed by atoms with Crippen LogP contribution in [0, 0.1) is 5.92 Å². The van der Waals surface area contributed by atoms with E-state index in [0.717, 1.165) is 19.3 Å². The van der Waals surface area contributed by atoms with Crippen LogP contribution in [0.4, 0.5) is 0 Å². The molecule has 0 aromatic heterocycles. The van der Waals surface area contributed by atoms with E-state index in [1.165, 1.54) is 0 Å². The van der Waals surface area contributed by atoms with Gasteiger partial charge in [-0.3, -0.25) is 9.59 Å². The maximum atomic E-state index is 11.6. The highest BCUT2D eigenvalue weighted by Gasteiger charge is 2.21. The first kappa shape index (κ1) is 17.9. The first-order valence-electron chi connectivity index (χ1n) is 6.93. The molecule has 0 fully saturated rings. The van der Waals surface area contributed by atoms with E-state index >= 15 is 0 Å². The quantitative estimate of drug-likeness (QED) is 0.463. The number of hydrogen-bond donors (Lipinski definition) is 1. The van der Waals surface area contributed by atoms with Crippen LogP contribution in [0.1, 0.15) is 52.4 Å². The van der Waals surface area contributed by atoms with Crippen molar-refractivity contribution in [1.29, 1.82) is 0 Å². The molecule has 112 valence electrons. The smallest absolute Gasteiger partial charge is 0.306 e. The topological polar surface area (TPSA) is 72.8 Å². The summed E-state index contributed by atoms with van der Waals surface area (Å²) < 4.78 is 10.3. The second-order valence-corrected chi connectivity index (χ2v) is 4.74. The SMILES string of the molecule is CCCCOC(=O)CC(CC(=O)O)CC(CC)OC. The molecule has 0 bridgehead atoms. The van der Waals surface area contributed by atoms with Crippen LogP contribution in [0.5, 0.6) is 0 Å². The van der Waals surface area contributed by atoms with Crippen LogP contribution in [0.15, 0.2) is 0 Å². The summed E-state index contributed by atoms with van der Waals surface area (Å²) in [6.45, 7) is 4.41. The van der Waals surface area contributed by atoms with Crippen LogP contribution in [0.3, 0.4) is 0 Å². The first-order valence-corrected chi connectivity index (χ1v) is 6.93. The molecule has 0 aliphatic heterocycles. The second kappa shape index (κ2) is 10.8. The van der Waals surface area contributed by atoms with Crippen molar-refractivity contribution in [2.24, 2.45) is 5.92 Å². The van der Waals surface area contributed by atoms with Crippen molar-refractivity contribution in [3.63, 3.8) is 0 Å². The summed E-state index contributed by atoms with van der Waals surface area (Å²) in [6, 6.07) is 0. The summed E-state index contributed by atoms with van der Waals surface area (Å²) in [6.07, 6.45) is 3.30. The molecule has 0 saturated heterocycles. The normalized spacial score (nSPS) is 13.8. The van der Waals surface area contributed by atoms with Gasteiger partial charge in [0.25, 0.3) is 0 Å². The Bertz CT molecular complexity index is 261. The summed E-state index contributed by atoms with van der Waals surface area (Å²) in [7, 11) is 1.60.